The van der Waals surface area contributed by atoms with E-state index in [1.165, 1.54) is 30.2 Å². The number of anilines is 1. The zero-order valence-corrected chi connectivity index (χ0v) is 18.4. The highest BCUT2D eigenvalue weighted by Gasteiger charge is 2.16. The van der Waals surface area contributed by atoms with Crippen LogP contribution in [0.1, 0.15) is 13.8 Å². The molecule has 0 unspecified atom stereocenters. The third kappa shape index (κ3) is 4.91. The monoisotopic (exact) mass is 433 g/mol. The Balaban J connectivity index is 1.80. The van der Waals surface area contributed by atoms with Crippen LogP contribution in [-0.2, 0) is 11.3 Å². The first kappa shape index (κ1) is 21.2. The van der Waals surface area contributed by atoms with Crippen LogP contribution in [0.4, 0.5) is 5.69 Å². The lowest BCUT2D eigenvalue weighted by molar-refractivity contribution is -0.113. The Kier molecular flexibility index (Phi) is 6.81. The van der Waals surface area contributed by atoms with Gasteiger partial charge in [0, 0.05) is 12.6 Å². The van der Waals surface area contributed by atoms with E-state index in [1.807, 2.05) is 25.3 Å². The highest BCUT2D eigenvalue weighted by molar-refractivity contribution is 7.99. The van der Waals surface area contributed by atoms with Crippen molar-refractivity contribution in [3.05, 3.63) is 40.0 Å². The maximum absolute atomic E-state index is 12.8. The van der Waals surface area contributed by atoms with Crippen molar-refractivity contribution < 1.29 is 14.3 Å². The Labute approximate surface area is 177 Å². The van der Waals surface area contributed by atoms with Crippen LogP contribution >= 0.6 is 23.1 Å². The normalized spacial score (nSPS) is 11.1. The number of carbonyl (C=O) groups excluding carboxylic acids is 1. The van der Waals surface area contributed by atoms with E-state index in [0.717, 1.165) is 0 Å². The molecule has 3 aromatic rings. The minimum atomic E-state index is -0.225. The average molecular weight is 434 g/mol. The van der Waals surface area contributed by atoms with Gasteiger partial charge in [-0.2, -0.15) is 0 Å². The quantitative estimate of drug-likeness (QED) is 0.429. The Hall–Kier alpha value is -2.52. The van der Waals surface area contributed by atoms with Gasteiger partial charge in [-0.3, -0.25) is 14.2 Å². The number of thioether (sulfide) groups is 1. The van der Waals surface area contributed by atoms with Crippen molar-refractivity contribution in [2.75, 3.05) is 25.3 Å². The number of nitrogens with zero attached hydrogens (tertiary/aromatic N) is 2. The maximum Gasteiger partial charge on any atom is 0.272 e. The molecule has 0 radical (unpaired) electrons. The molecular weight excluding hydrogens is 410 g/mol. The van der Waals surface area contributed by atoms with Crippen LogP contribution in [0.15, 0.2) is 39.6 Å². The Morgan fingerprint density at radius 1 is 1.28 bits per heavy atom. The van der Waals surface area contributed by atoms with Crippen molar-refractivity contribution >= 4 is 44.9 Å². The number of hydrogen-bond acceptors (Lipinski definition) is 7. The molecule has 0 aliphatic heterocycles. The molecular formula is C20H23N3O4S2. The smallest absolute Gasteiger partial charge is 0.272 e. The van der Waals surface area contributed by atoms with Crippen molar-refractivity contribution in [3.8, 4) is 11.5 Å². The van der Waals surface area contributed by atoms with Gasteiger partial charge < -0.3 is 14.8 Å². The van der Waals surface area contributed by atoms with Crippen LogP contribution in [0.25, 0.3) is 10.2 Å². The second-order valence-corrected chi connectivity index (χ2v) is 8.60. The fraction of sp³-hybridized carbons (Fsp3) is 0.350. The number of ether oxygens (including phenoxy) is 2. The highest BCUT2D eigenvalue weighted by Crippen LogP contribution is 2.29. The number of nitrogens with one attached hydrogen (secondary N) is 1. The molecule has 0 saturated carbocycles. The summed E-state index contributed by atoms with van der Waals surface area (Å²) in [5, 5.41) is 5.24. The number of rotatable bonds is 8. The summed E-state index contributed by atoms with van der Waals surface area (Å²) in [6.45, 7) is 4.63. The SMILES string of the molecule is COc1ccc(OC)c(NC(=O)CSc2nc3ccsc3c(=O)n2CC(C)C)c1. The van der Waals surface area contributed by atoms with Crippen LogP contribution in [0.2, 0.25) is 0 Å². The minimum absolute atomic E-state index is 0.0592. The van der Waals surface area contributed by atoms with E-state index in [4.69, 9.17) is 9.47 Å². The molecule has 0 saturated heterocycles. The third-order valence-corrected chi connectivity index (χ3v) is 5.96. The molecule has 1 aromatic carbocycles. The fourth-order valence-corrected chi connectivity index (χ4v) is 4.37. The first-order valence-electron chi connectivity index (χ1n) is 9.05. The van der Waals surface area contributed by atoms with Gasteiger partial charge in [-0.1, -0.05) is 25.6 Å². The number of carbonyl (C=O) groups is 1. The molecule has 9 heteroatoms. The summed E-state index contributed by atoms with van der Waals surface area (Å²) < 4.78 is 12.8. The van der Waals surface area contributed by atoms with Gasteiger partial charge in [0.15, 0.2) is 5.16 Å². The number of fused-ring (bicyclic) bond motifs is 1. The highest BCUT2D eigenvalue weighted by atomic mass is 32.2. The Morgan fingerprint density at radius 3 is 2.76 bits per heavy atom. The molecule has 0 aliphatic rings. The second kappa shape index (κ2) is 9.32. The van der Waals surface area contributed by atoms with Gasteiger partial charge in [-0.15, -0.1) is 11.3 Å². The molecule has 2 aromatic heterocycles. The lowest BCUT2D eigenvalue weighted by Gasteiger charge is -2.14. The van der Waals surface area contributed by atoms with Crippen LogP contribution in [-0.4, -0.2) is 35.4 Å². The van der Waals surface area contributed by atoms with E-state index >= 15 is 0 Å². The lowest BCUT2D eigenvalue weighted by Crippen LogP contribution is -2.25. The number of methoxy groups -OCH3 is 2. The first-order valence-corrected chi connectivity index (χ1v) is 10.9. The van der Waals surface area contributed by atoms with Crippen molar-refractivity contribution in [2.45, 2.75) is 25.5 Å². The van der Waals surface area contributed by atoms with E-state index in [-0.39, 0.29) is 23.1 Å². The summed E-state index contributed by atoms with van der Waals surface area (Å²) >= 11 is 2.63. The van der Waals surface area contributed by atoms with E-state index in [9.17, 15) is 9.59 Å². The molecule has 1 N–H and O–H groups in total. The maximum atomic E-state index is 12.8. The first-order chi connectivity index (χ1) is 13.9. The molecule has 3 rings (SSSR count). The molecule has 1 amide bonds. The Morgan fingerprint density at radius 2 is 2.07 bits per heavy atom. The van der Waals surface area contributed by atoms with Gasteiger partial charge in [0.05, 0.1) is 31.2 Å². The van der Waals surface area contributed by atoms with Crippen molar-refractivity contribution in [1.29, 1.82) is 0 Å². The lowest BCUT2D eigenvalue weighted by atomic mass is 10.2. The van der Waals surface area contributed by atoms with Crippen LogP contribution in [0.5, 0.6) is 11.5 Å². The standard InChI is InChI=1S/C20H23N3O4S2/c1-12(2)10-23-19(25)18-14(7-8-28-18)22-20(23)29-11-17(24)21-15-9-13(26-3)5-6-16(15)27-4/h5-9,12H,10-11H2,1-4H3,(H,21,24). The predicted molar refractivity (Wildman–Crippen MR) is 118 cm³/mol. The predicted octanol–water partition coefficient (Wildman–Crippen LogP) is 3.86. The number of hydrogen-bond donors (Lipinski definition) is 1. The summed E-state index contributed by atoms with van der Waals surface area (Å²) in [6.07, 6.45) is 0. The van der Waals surface area contributed by atoms with E-state index in [1.54, 1.807) is 29.9 Å². The van der Waals surface area contributed by atoms with Gasteiger partial charge in [0.25, 0.3) is 5.56 Å². The van der Waals surface area contributed by atoms with Gasteiger partial charge in [-0.25, -0.2) is 4.98 Å². The van der Waals surface area contributed by atoms with E-state index < -0.39 is 0 Å². The number of benzene rings is 1. The van der Waals surface area contributed by atoms with Crippen molar-refractivity contribution in [2.24, 2.45) is 5.92 Å². The van der Waals surface area contributed by atoms with Crippen LogP contribution < -0.4 is 20.3 Å². The second-order valence-electron chi connectivity index (χ2n) is 6.74. The zero-order valence-electron chi connectivity index (χ0n) is 16.7. The molecule has 0 spiro atoms. The summed E-state index contributed by atoms with van der Waals surface area (Å²) in [4.78, 5) is 30.0. The minimum Gasteiger partial charge on any atom is -0.497 e. The summed E-state index contributed by atoms with van der Waals surface area (Å²) in [5.74, 6) is 1.32. The number of thiophene rings is 1. The molecule has 2 heterocycles. The van der Waals surface area contributed by atoms with Gasteiger partial charge in [0.1, 0.15) is 16.2 Å². The third-order valence-electron chi connectivity index (χ3n) is 4.09. The van der Waals surface area contributed by atoms with E-state index in [2.05, 4.69) is 10.3 Å². The van der Waals surface area contributed by atoms with Crippen molar-refractivity contribution in [3.63, 3.8) is 0 Å². The number of aromatic nitrogens is 2. The summed E-state index contributed by atoms with van der Waals surface area (Å²) in [6, 6.07) is 7.01. The van der Waals surface area contributed by atoms with Gasteiger partial charge in [-0.05, 0) is 29.5 Å². The molecule has 154 valence electrons. The summed E-state index contributed by atoms with van der Waals surface area (Å²) in [7, 11) is 3.10. The van der Waals surface area contributed by atoms with E-state index in [0.29, 0.717) is 39.1 Å². The average Bonchev–Trinajstić information content (AvgIpc) is 3.17. The Bertz CT molecular complexity index is 1080. The van der Waals surface area contributed by atoms with Gasteiger partial charge in [0.2, 0.25) is 5.91 Å². The molecule has 0 fully saturated rings. The molecule has 0 atom stereocenters. The molecule has 29 heavy (non-hydrogen) atoms. The summed E-state index contributed by atoms with van der Waals surface area (Å²) in [5.41, 5.74) is 1.13. The van der Waals surface area contributed by atoms with Crippen molar-refractivity contribution in [1.82, 2.24) is 9.55 Å². The van der Waals surface area contributed by atoms with Gasteiger partial charge >= 0.3 is 0 Å². The number of amides is 1. The topological polar surface area (TPSA) is 82.5 Å². The zero-order chi connectivity index (χ0) is 21.0. The largest absolute Gasteiger partial charge is 0.497 e. The van der Waals surface area contributed by atoms with Crippen LogP contribution in [0.3, 0.4) is 0 Å². The molecule has 0 aliphatic carbocycles. The fourth-order valence-electron chi connectivity index (χ4n) is 2.79. The molecule has 7 nitrogen and oxygen atoms in total. The van der Waals surface area contributed by atoms with Crippen LogP contribution in [0, 0.1) is 5.92 Å². The molecule has 0 bridgehead atoms.